The number of nitrogens with zero attached hydrogens (tertiary/aromatic N) is 2. The monoisotopic (exact) mass is 339 g/mol. The van der Waals surface area contributed by atoms with Crippen molar-refractivity contribution < 1.29 is 14.3 Å². The molecule has 6 nitrogen and oxygen atoms in total. The van der Waals surface area contributed by atoms with Gasteiger partial charge < -0.3 is 19.5 Å². The Balaban J connectivity index is 1.46. The lowest BCUT2D eigenvalue weighted by Gasteiger charge is -2.30. The van der Waals surface area contributed by atoms with Gasteiger partial charge in [0.15, 0.2) is 5.78 Å². The second kappa shape index (κ2) is 6.63. The van der Waals surface area contributed by atoms with Crippen LogP contribution in [-0.2, 0) is 0 Å². The Morgan fingerprint density at radius 1 is 1.12 bits per heavy atom. The first-order valence-corrected chi connectivity index (χ1v) is 8.70. The molecule has 25 heavy (non-hydrogen) atoms. The maximum atomic E-state index is 12.7. The lowest BCUT2D eigenvalue weighted by molar-refractivity contribution is 0.0787. The largest absolute Gasteiger partial charge is 0.490 e. The van der Waals surface area contributed by atoms with Crippen molar-refractivity contribution >= 4 is 17.4 Å². The van der Waals surface area contributed by atoms with E-state index in [9.17, 15) is 9.59 Å². The van der Waals surface area contributed by atoms with Crippen LogP contribution in [0.3, 0.4) is 0 Å². The summed E-state index contributed by atoms with van der Waals surface area (Å²) in [6, 6.07) is 9.41. The van der Waals surface area contributed by atoms with E-state index in [-0.39, 0.29) is 18.2 Å². The number of aromatic amines is 1. The van der Waals surface area contributed by atoms with E-state index in [4.69, 9.17) is 4.74 Å². The molecule has 1 N–H and O–H groups in total. The number of ether oxygens (including phenoxy) is 1. The summed E-state index contributed by atoms with van der Waals surface area (Å²) < 4.78 is 5.62. The zero-order valence-corrected chi connectivity index (χ0v) is 14.0. The minimum atomic E-state index is -0.0201. The van der Waals surface area contributed by atoms with Gasteiger partial charge in [0, 0.05) is 24.8 Å². The first kappa shape index (κ1) is 15.7. The van der Waals surface area contributed by atoms with Crippen molar-refractivity contribution in [3.8, 4) is 5.75 Å². The second-order valence-electron chi connectivity index (χ2n) is 6.46. The van der Waals surface area contributed by atoms with Crippen molar-refractivity contribution in [1.29, 1.82) is 0 Å². The van der Waals surface area contributed by atoms with Gasteiger partial charge in [-0.2, -0.15) is 0 Å². The van der Waals surface area contributed by atoms with Crippen molar-refractivity contribution in [2.75, 3.05) is 37.7 Å². The summed E-state index contributed by atoms with van der Waals surface area (Å²) in [7, 11) is 0. The van der Waals surface area contributed by atoms with Gasteiger partial charge in [-0.25, -0.2) is 0 Å². The fourth-order valence-corrected chi connectivity index (χ4v) is 3.42. The van der Waals surface area contributed by atoms with Gasteiger partial charge in [0.05, 0.1) is 18.8 Å². The van der Waals surface area contributed by atoms with Crippen molar-refractivity contribution in [3.05, 3.63) is 47.8 Å². The van der Waals surface area contributed by atoms with E-state index < -0.39 is 0 Å². The number of rotatable bonds is 4. The molecule has 0 aliphatic carbocycles. The van der Waals surface area contributed by atoms with E-state index >= 15 is 0 Å². The summed E-state index contributed by atoms with van der Waals surface area (Å²) >= 11 is 0. The molecule has 1 fully saturated rings. The Morgan fingerprint density at radius 2 is 1.92 bits per heavy atom. The van der Waals surface area contributed by atoms with Crippen LogP contribution in [0, 0.1) is 0 Å². The van der Waals surface area contributed by atoms with Crippen LogP contribution in [0.2, 0.25) is 0 Å². The Kier molecular flexibility index (Phi) is 4.17. The summed E-state index contributed by atoms with van der Waals surface area (Å²) in [5.74, 6) is 0.780. The molecule has 0 saturated carbocycles. The van der Waals surface area contributed by atoms with Gasteiger partial charge in [0.1, 0.15) is 18.1 Å². The molecule has 0 radical (unpaired) electrons. The molecule has 2 aromatic rings. The van der Waals surface area contributed by atoms with E-state index in [2.05, 4.69) is 4.98 Å². The SMILES string of the molecule is O=C(CN1CCOc2ccccc21)c1c[nH]c(C(=O)N2CCCC2)c1. The van der Waals surface area contributed by atoms with E-state index in [0.29, 0.717) is 24.4 Å². The molecule has 1 amide bonds. The number of benzene rings is 1. The van der Waals surface area contributed by atoms with Gasteiger partial charge in [-0.1, -0.05) is 12.1 Å². The van der Waals surface area contributed by atoms with Crippen LogP contribution in [-0.4, -0.2) is 54.4 Å². The fourth-order valence-electron chi connectivity index (χ4n) is 3.42. The number of anilines is 1. The average molecular weight is 339 g/mol. The Morgan fingerprint density at radius 3 is 2.76 bits per heavy atom. The number of H-pyrrole nitrogens is 1. The Hall–Kier alpha value is -2.76. The highest BCUT2D eigenvalue weighted by atomic mass is 16.5. The number of carbonyl (C=O) groups is 2. The van der Waals surface area contributed by atoms with Crippen LogP contribution in [0.4, 0.5) is 5.69 Å². The van der Waals surface area contributed by atoms with E-state index in [0.717, 1.165) is 37.4 Å². The predicted molar refractivity (Wildman–Crippen MR) is 94.4 cm³/mol. The standard InChI is InChI=1S/C19H21N3O3/c23-17(13-22-9-10-25-18-6-2-1-5-16(18)22)14-11-15(20-12-14)19(24)21-7-3-4-8-21/h1-2,5-6,11-12,20H,3-4,7-10,13H2. The van der Waals surface area contributed by atoms with Crippen LogP contribution in [0.25, 0.3) is 0 Å². The molecular formula is C19H21N3O3. The van der Waals surface area contributed by atoms with Gasteiger partial charge in [0.25, 0.3) is 5.91 Å². The molecule has 130 valence electrons. The molecule has 4 rings (SSSR count). The Labute approximate surface area is 146 Å². The minimum absolute atomic E-state index is 0.00609. The van der Waals surface area contributed by atoms with E-state index in [1.165, 1.54) is 0 Å². The van der Waals surface area contributed by atoms with Crippen LogP contribution >= 0.6 is 0 Å². The minimum Gasteiger partial charge on any atom is -0.490 e. The number of ketones is 1. The maximum Gasteiger partial charge on any atom is 0.270 e. The normalized spacial score (nSPS) is 16.5. The third-order valence-corrected chi connectivity index (χ3v) is 4.79. The van der Waals surface area contributed by atoms with E-state index in [1.54, 1.807) is 12.3 Å². The molecule has 2 aliphatic heterocycles. The lowest BCUT2D eigenvalue weighted by atomic mass is 10.1. The number of hydrogen-bond donors (Lipinski definition) is 1. The van der Waals surface area contributed by atoms with Crippen LogP contribution in [0.1, 0.15) is 33.7 Å². The van der Waals surface area contributed by atoms with Gasteiger partial charge in [0.2, 0.25) is 0 Å². The van der Waals surface area contributed by atoms with Crippen molar-refractivity contribution in [2.45, 2.75) is 12.8 Å². The summed E-state index contributed by atoms with van der Waals surface area (Å²) in [5.41, 5.74) is 1.98. The van der Waals surface area contributed by atoms with Crippen molar-refractivity contribution in [2.24, 2.45) is 0 Å². The molecule has 2 aliphatic rings. The summed E-state index contributed by atoms with van der Waals surface area (Å²) in [6.45, 7) is 3.11. The number of amides is 1. The molecule has 0 bridgehead atoms. The highest BCUT2D eigenvalue weighted by Crippen LogP contribution is 2.30. The molecule has 6 heteroatoms. The van der Waals surface area contributed by atoms with E-state index in [1.807, 2.05) is 34.1 Å². The summed E-state index contributed by atoms with van der Waals surface area (Å²) in [4.78, 5) is 31.9. The summed E-state index contributed by atoms with van der Waals surface area (Å²) in [6.07, 6.45) is 3.74. The smallest absolute Gasteiger partial charge is 0.270 e. The zero-order chi connectivity index (χ0) is 17.2. The quantitative estimate of drug-likeness (QED) is 0.869. The highest BCUT2D eigenvalue weighted by Gasteiger charge is 2.24. The number of aromatic nitrogens is 1. The molecule has 0 atom stereocenters. The lowest BCUT2D eigenvalue weighted by Crippen LogP contribution is -2.36. The Bertz CT molecular complexity index is 793. The van der Waals surface area contributed by atoms with Crippen LogP contribution in [0.5, 0.6) is 5.75 Å². The molecule has 1 saturated heterocycles. The molecule has 0 spiro atoms. The average Bonchev–Trinajstić information content (AvgIpc) is 3.33. The third-order valence-electron chi connectivity index (χ3n) is 4.79. The van der Waals surface area contributed by atoms with Crippen molar-refractivity contribution in [3.63, 3.8) is 0 Å². The number of nitrogens with one attached hydrogen (secondary N) is 1. The molecule has 0 unspecified atom stereocenters. The van der Waals surface area contributed by atoms with Crippen LogP contribution < -0.4 is 9.64 Å². The van der Waals surface area contributed by atoms with Gasteiger partial charge >= 0.3 is 0 Å². The number of para-hydroxylation sites is 2. The predicted octanol–water partition coefficient (Wildman–Crippen LogP) is 2.33. The fraction of sp³-hybridized carbons (Fsp3) is 0.368. The number of fused-ring (bicyclic) bond motifs is 1. The first-order valence-electron chi connectivity index (χ1n) is 8.70. The van der Waals surface area contributed by atoms with Gasteiger partial charge in [-0.3, -0.25) is 9.59 Å². The summed E-state index contributed by atoms with van der Waals surface area (Å²) in [5, 5.41) is 0. The third kappa shape index (κ3) is 3.12. The highest BCUT2D eigenvalue weighted by molar-refractivity contribution is 6.02. The van der Waals surface area contributed by atoms with Gasteiger partial charge in [-0.15, -0.1) is 0 Å². The zero-order valence-electron chi connectivity index (χ0n) is 14.0. The molecule has 1 aromatic heterocycles. The number of likely N-dealkylation sites (tertiary alicyclic amines) is 1. The maximum absolute atomic E-state index is 12.7. The van der Waals surface area contributed by atoms with Gasteiger partial charge in [-0.05, 0) is 31.0 Å². The molecular weight excluding hydrogens is 318 g/mol. The number of carbonyl (C=O) groups excluding carboxylic acids is 2. The van der Waals surface area contributed by atoms with Crippen molar-refractivity contribution in [1.82, 2.24) is 9.88 Å². The molecule has 3 heterocycles. The number of Topliss-reactive ketones (excluding diaryl/α,β-unsaturated/α-hetero) is 1. The van der Waals surface area contributed by atoms with Crippen LogP contribution in [0.15, 0.2) is 36.5 Å². The molecule has 1 aromatic carbocycles. The topological polar surface area (TPSA) is 65.6 Å². The first-order chi connectivity index (χ1) is 12.2. The number of hydrogen-bond acceptors (Lipinski definition) is 4. The second-order valence-corrected chi connectivity index (χ2v) is 6.46.